The van der Waals surface area contributed by atoms with E-state index in [4.69, 9.17) is 14.3 Å². The molecule has 1 fully saturated rings. The van der Waals surface area contributed by atoms with E-state index in [0.717, 1.165) is 22.3 Å². The SMILES string of the molecule is C=O.CC.COc1ccc2c(O[C@H]3CC[C@@H](C(=O)O)[C@H](C)C3)cc(-c3nc(C(F)(F)F)cs3)nc2c1C. The second-order valence-corrected chi connectivity index (χ2v) is 9.16. The number of fused-ring (bicyclic) bond motifs is 1. The number of hydrogen-bond donors (Lipinski definition) is 1. The fourth-order valence-electron chi connectivity index (χ4n) is 4.33. The van der Waals surface area contributed by atoms with E-state index in [9.17, 15) is 23.1 Å². The number of carbonyl (C=O) groups excluding carboxylic acids is 1. The molecule has 0 amide bonds. The number of carboxylic acid groups (broad SMARTS) is 1. The van der Waals surface area contributed by atoms with E-state index < -0.39 is 23.8 Å². The van der Waals surface area contributed by atoms with Crippen LogP contribution in [0.4, 0.5) is 13.2 Å². The summed E-state index contributed by atoms with van der Waals surface area (Å²) in [4.78, 5) is 27.8. The zero-order valence-corrected chi connectivity index (χ0v) is 22.2. The summed E-state index contributed by atoms with van der Waals surface area (Å²) in [6.45, 7) is 9.72. The van der Waals surface area contributed by atoms with Gasteiger partial charge in [0.2, 0.25) is 0 Å². The van der Waals surface area contributed by atoms with Gasteiger partial charge in [-0.25, -0.2) is 9.97 Å². The van der Waals surface area contributed by atoms with Crippen molar-refractivity contribution < 1.29 is 37.3 Å². The van der Waals surface area contributed by atoms with Crippen molar-refractivity contribution >= 4 is 35.0 Å². The molecule has 11 heteroatoms. The molecule has 0 saturated heterocycles. The molecule has 2 aromatic heterocycles. The topological polar surface area (TPSA) is 98.6 Å². The highest BCUT2D eigenvalue weighted by Gasteiger charge is 2.35. The van der Waals surface area contributed by atoms with Crippen molar-refractivity contribution in [2.24, 2.45) is 11.8 Å². The van der Waals surface area contributed by atoms with Crippen LogP contribution in [0.15, 0.2) is 23.6 Å². The van der Waals surface area contributed by atoms with Crippen molar-refractivity contribution in [2.75, 3.05) is 7.11 Å². The minimum atomic E-state index is -4.54. The van der Waals surface area contributed by atoms with Gasteiger partial charge in [-0.3, -0.25) is 4.79 Å². The molecule has 1 aromatic carbocycles. The molecule has 1 N–H and O–H groups in total. The van der Waals surface area contributed by atoms with E-state index >= 15 is 0 Å². The summed E-state index contributed by atoms with van der Waals surface area (Å²) in [5.41, 5.74) is 0.604. The molecular formula is C26H31F3N2O5S. The number of benzene rings is 1. The number of carbonyl (C=O) groups is 2. The summed E-state index contributed by atoms with van der Waals surface area (Å²) in [6, 6.07) is 5.21. The van der Waals surface area contributed by atoms with Crippen molar-refractivity contribution in [3.05, 3.63) is 34.8 Å². The van der Waals surface area contributed by atoms with Gasteiger partial charge in [-0.05, 0) is 44.2 Å². The Balaban J connectivity index is 0.00000115. The number of ether oxygens (including phenoxy) is 2. The molecule has 202 valence electrons. The Kier molecular flexibility index (Phi) is 10.4. The normalized spacial score (nSPS) is 19.2. The molecule has 3 aromatic rings. The fraction of sp³-hybridized carbons (Fsp3) is 0.462. The van der Waals surface area contributed by atoms with Gasteiger partial charge in [0, 0.05) is 22.4 Å². The number of thiazole rings is 1. The lowest BCUT2D eigenvalue weighted by Crippen LogP contribution is -2.34. The van der Waals surface area contributed by atoms with Crippen molar-refractivity contribution in [3.8, 4) is 22.2 Å². The third-order valence-corrected chi connectivity index (χ3v) is 6.98. The van der Waals surface area contributed by atoms with Crippen LogP contribution in [0.3, 0.4) is 0 Å². The Morgan fingerprint density at radius 2 is 1.84 bits per heavy atom. The zero-order chi connectivity index (χ0) is 27.9. The van der Waals surface area contributed by atoms with E-state index in [1.54, 1.807) is 12.1 Å². The summed E-state index contributed by atoms with van der Waals surface area (Å²) in [5.74, 6) is -0.176. The minimum absolute atomic E-state index is 0.0519. The summed E-state index contributed by atoms with van der Waals surface area (Å²) in [7, 11) is 1.54. The van der Waals surface area contributed by atoms with Crippen LogP contribution in [0.2, 0.25) is 0 Å². The molecule has 0 bridgehead atoms. The van der Waals surface area contributed by atoms with Gasteiger partial charge in [-0.1, -0.05) is 20.8 Å². The van der Waals surface area contributed by atoms with Gasteiger partial charge < -0.3 is 19.4 Å². The molecular weight excluding hydrogens is 509 g/mol. The Hall–Kier alpha value is -3.21. The first-order valence-corrected chi connectivity index (χ1v) is 12.7. The maximum absolute atomic E-state index is 13.1. The zero-order valence-electron chi connectivity index (χ0n) is 21.4. The number of hydrogen-bond acceptors (Lipinski definition) is 7. The molecule has 0 spiro atoms. The van der Waals surface area contributed by atoms with Gasteiger partial charge in [0.15, 0.2) is 5.69 Å². The number of nitrogens with zero attached hydrogens (tertiary/aromatic N) is 2. The predicted molar refractivity (Wildman–Crippen MR) is 136 cm³/mol. The molecule has 1 aliphatic rings. The monoisotopic (exact) mass is 540 g/mol. The molecule has 0 aliphatic heterocycles. The molecule has 3 atom stereocenters. The van der Waals surface area contributed by atoms with Gasteiger partial charge in [-0.2, -0.15) is 13.2 Å². The number of pyridine rings is 1. The molecule has 1 saturated carbocycles. The molecule has 7 nitrogen and oxygen atoms in total. The first-order chi connectivity index (χ1) is 17.6. The highest BCUT2D eigenvalue weighted by atomic mass is 32.1. The first-order valence-electron chi connectivity index (χ1n) is 11.8. The highest BCUT2D eigenvalue weighted by Crippen LogP contribution is 2.40. The second-order valence-electron chi connectivity index (χ2n) is 8.31. The number of aromatic nitrogens is 2. The molecule has 37 heavy (non-hydrogen) atoms. The van der Waals surface area contributed by atoms with Gasteiger partial charge in [-0.15, -0.1) is 11.3 Å². The minimum Gasteiger partial charge on any atom is -0.496 e. The number of alkyl halides is 3. The summed E-state index contributed by atoms with van der Waals surface area (Å²) in [6.07, 6.45) is -3.10. The second kappa shape index (κ2) is 12.8. The molecule has 0 unspecified atom stereocenters. The molecule has 0 radical (unpaired) electrons. The predicted octanol–water partition coefficient (Wildman–Crippen LogP) is 6.80. The average molecular weight is 541 g/mol. The molecule has 1 aliphatic carbocycles. The van der Waals surface area contributed by atoms with Crippen LogP contribution in [0, 0.1) is 18.8 Å². The first kappa shape index (κ1) is 30.0. The Morgan fingerprint density at radius 1 is 1.16 bits per heavy atom. The lowest BCUT2D eigenvalue weighted by Gasteiger charge is -2.32. The van der Waals surface area contributed by atoms with Gasteiger partial charge in [0.25, 0.3) is 0 Å². The summed E-state index contributed by atoms with van der Waals surface area (Å²) >= 11 is 0.867. The Morgan fingerprint density at radius 3 is 2.38 bits per heavy atom. The Bertz CT molecular complexity index is 1210. The van der Waals surface area contributed by atoms with Crippen molar-refractivity contribution in [2.45, 2.75) is 59.2 Å². The standard InChI is InChI=1S/C23H23F3N2O4S.C2H6.CH2O/c1-11-8-13(4-5-14(11)22(29)30)32-18-9-16(21-28-19(10-33-21)23(24,25)26)27-20-12(2)17(31-3)7-6-15(18)20;2*1-2/h6-7,9-11,13-14H,4-5,8H2,1-3H3,(H,29,30);1-2H3;1H2/t11-,13+,14-;;/m1../s1. The van der Waals surface area contributed by atoms with E-state index in [2.05, 4.69) is 9.97 Å². The quantitative estimate of drug-likeness (QED) is 0.380. The van der Waals surface area contributed by atoms with Crippen LogP contribution in [-0.2, 0) is 15.8 Å². The third kappa shape index (κ3) is 6.76. The summed E-state index contributed by atoms with van der Waals surface area (Å²) < 4.78 is 51.0. The van der Waals surface area contributed by atoms with Crippen molar-refractivity contribution in [1.29, 1.82) is 0 Å². The lowest BCUT2D eigenvalue weighted by atomic mass is 9.79. The van der Waals surface area contributed by atoms with E-state index in [0.29, 0.717) is 41.7 Å². The van der Waals surface area contributed by atoms with Crippen molar-refractivity contribution in [1.82, 2.24) is 9.97 Å². The number of aryl methyl sites for hydroxylation is 1. The lowest BCUT2D eigenvalue weighted by molar-refractivity contribution is -0.145. The van der Waals surface area contributed by atoms with Crippen LogP contribution in [0.5, 0.6) is 11.5 Å². The number of aliphatic carboxylic acids is 1. The van der Waals surface area contributed by atoms with Crippen molar-refractivity contribution in [3.63, 3.8) is 0 Å². The Labute approximate surface area is 217 Å². The maximum Gasteiger partial charge on any atom is 0.434 e. The number of methoxy groups -OCH3 is 1. The van der Waals surface area contributed by atoms with Gasteiger partial charge in [0.05, 0.1) is 24.6 Å². The van der Waals surface area contributed by atoms with E-state index in [-0.39, 0.29) is 22.7 Å². The van der Waals surface area contributed by atoms with E-state index in [1.807, 2.05) is 40.6 Å². The number of halogens is 3. The van der Waals surface area contributed by atoms with Crippen LogP contribution in [0.25, 0.3) is 21.6 Å². The van der Waals surface area contributed by atoms with Gasteiger partial charge in [0.1, 0.15) is 29.0 Å². The third-order valence-electron chi connectivity index (χ3n) is 6.11. The number of rotatable bonds is 5. The molecule has 4 rings (SSSR count). The molecule has 2 heterocycles. The van der Waals surface area contributed by atoms with Crippen LogP contribution in [-0.4, -0.2) is 41.0 Å². The van der Waals surface area contributed by atoms with Crippen LogP contribution in [0.1, 0.15) is 51.3 Å². The largest absolute Gasteiger partial charge is 0.496 e. The highest BCUT2D eigenvalue weighted by molar-refractivity contribution is 7.13. The smallest absolute Gasteiger partial charge is 0.434 e. The average Bonchev–Trinajstić information content (AvgIpc) is 3.38. The van der Waals surface area contributed by atoms with Crippen LogP contribution < -0.4 is 9.47 Å². The fourth-order valence-corrected chi connectivity index (χ4v) is 5.12. The van der Waals surface area contributed by atoms with Crippen LogP contribution >= 0.6 is 11.3 Å². The van der Waals surface area contributed by atoms with Gasteiger partial charge >= 0.3 is 12.1 Å². The number of carboxylic acids is 1. The van der Waals surface area contributed by atoms with E-state index in [1.165, 1.54) is 7.11 Å². The summed E-state index contributed by atoms with van der Waals surface area (Å²) in [5, 5.41) is 11.2. The maximum atomic E-state index is 13.1.